The summed E-state index contributed by atoms with van der Waals surface area (Å²) in [6, 6.07) is 2.67. The minimum absolute atomic E-state index is 0.00353. The van der Waals surface area contributed by atoms with E-state index >= 15 is 0 Å². The molecule has 1 aliphatic rings. The van der Waals surface area contributed by atoms with Crippen molar-refractivity contribution in [1.82, 2.24) is 10.3 Å². The molecular formula is C11H14ClN3O3S. The molecule has 8 heteroatoms. The lowest BCUT2D eigenvalue weighted by atomic mass is 10.2. The van der Waals surface area contributed by atoms with Crippen molar-refractivity contribution in [3.8, 4) is 0 Å². The molecule has 1 amide bonds. The Bertz CT molecular complexity index is 603. The fourth-order valence-corrected chi connectivity index (χ4v) is 3.82. The average Bonchev–Trinajstić information content (AvgIpc) is 2.67. The Morgan fingerprint density at radius 1 is 1.47 bits per heavy atom. The van der Waals surface area contributed by atoms with Crippen LogP contribution in [0.25, 0.3) is 0 Å². The summed E-state index contributed by atoms with van der Waals surface area (Å²) in [5, 5.41) is 5.70. The standard InChI is InChI=1S/C11H14ClN3O3S/c1-13-10-5-7(4-9(12)15-10)11(16)14-8-2-3-19(17,18)6-8/h4-5,8H,2-3,6H2,1H3,(H,13,15)(H,14,16). The molecule has 0 saturated carbocycles. The van der Waals surface area contributed by atoms with Gasteiger partial charge in [-0.25, -0.2) is 13.4 Å². The first-order valence-corrected chi connectivity index (χ1v) is 7.96. The molecule has 1 aromatic rings. The van der Waals surface area contributed by atoms with E-state index in [1.807, 2.05) is 0 Å². The fourth-order valence-electron chi connectivity index (χ4n) is 1.93. The van der Waals surface area contributed by atoms with Gasteiger partial charge in [0.25, 0.3) is 5.91 Å². The summed E-state index contributed by atoms with van der Waals surface area (Å²) in [4.78, 5) is 16.0. The third kappa shape index (κ3) is 3.57. The van der Waals surface area contributed by atoms with Gasteiger partial charge >= 0.3 is 0 Å². The number of aromatic nitrogens is 1. The second-order valence-electron chi connectivity index (χ2n) is 4.39. The number of carbonyl (C=O) groups is 1. The summed E-state index contributed by atoms with van der Waals surface area (Å²) in [6.45, 7) is 0. The Morgan fingerprint density at radius 3 is 2.79 bits per heavy atom. The molecule has 0 aliphatic carbocycles. The van der Waals surface area contributed by atoms with Gasteiger partial charge in [-0.1, -0.05) is 11.6 Å². The monoisotopic (exact) mass is 303 g/mol. The van der Waals surface area contributed by atoms with E-state index in [1.54, 1.807) is 13.1 Å². The van der Waals surface area contributed by atoms with Crippen LogP contribution in [-0.4, -0.2) is 43.9 Å². The van der Waals surface area contributed by atoms with Gasteiger partial charge in [-0.2, -0.15) is 0 Å². The van der Waals surface area contributed by atoms with Gasteiger partial charge < -0.3 is 10.6 Å². The first-order chi connectivity index (χ1) is 8.89. The van der Waals surface area contributed by atoms with Gasteiger partial charge in [-0.3, -0.25) is 4.79 Å². The molecule has 104 valence electrons. The van der Waals surface area contributed by atoms with Gasteiger partial charge in [-0.05, 0) is 18.6 Å². The van der Waals surface area contributed by atoms with E-state index in [0.717, 1.165) is 0 Å². The summed E-state index contributed by atoms with van der Waals surface area (Å²) >= 11 is 5.81. The van der Waals surface area contributed by atoms with Crippen LogP contribution in [0.4, 0.5) is 5.82 Å². The van der Waals surface area contributed by atoms with Gasteiger partial charge in [0, 0.05) is 18.7 Å². The topological polar surface area (TPSA) is 88.2 Å². The van der Waals surface area contributed by atoms with Gasteiger partial charge in [0.2, 0.25) is 0 Å². The number of carbonyl (C=O) groups excluding carboxylic acids is 1. The van der Waals surface area contributed by atoms with Crippen molar-refractivity contribution in [2.45, 2.75) is 12.5 Å². The zero-order chi connectivity index (χ0) is 14.0. The lowest BCUT2D eigenvalue weighted by Gasteiger charge is -2.11. The molecule has 1 aliphatic heterocycles. The summed E-state index contributed by atoms with van der Waals surface area (Å²) < 4.78 is 22.6. The fraction of sp³-hybridized carbons (Fsp3) is 0.455. The van der Waals surface area contributed by atoms with E-state index < -0.39 is 9.84 Å². The van der Waals surface area contributed by atoms with Gasteiger partial charge in [0.1, 0.15) is 11.0 Å². The van der Waals surface area contributed by atoms with Crippen molar-refractivity contribution < 1.29 is 13.2 Å². The normalized spacial score (nSPS) is 21.1. The number of rotatable bonds is 3. The summed E-state index contributed by atoms with van der Waals surface area (Å²) in [6.07, 6.45) is 0.450. The van der Waals surface area contributed by atoms with Crippen molar-refractivity contribution in [1.29, 1.82) is 0 Å². The predicted molar refractivity (Wildman–Crippen MR) is 73.3 cm³/mol. The Kier molecular flexibility index (Phi) is 3.96. The van der Waals surface area contributed by atoms with Crippen LogP contribution in [0.5, 0.6) is 0 Å². The molecule has 0 spiro atoms. The number of sulfone groups is 1. The maximum Gasteiger partial charge on any atom is 0.251 e. The second-order valence-corrected chi connectivity index (χ2v) is 7.00. The SMILES string of the molecule is CNc1cc(C(=O)NC2CCS(=O)(=O)C2)cc(Cl)n1. The van der Waals surface area contributed by atoms with Crippen molar-refractivity contribution in [2.75, 3.05) is 23.9 Å². The molecule has 1 saturated heterocycles. The molecule has 0 radical (unpaired) electrons. The molecule has 2 rings (SSSR count). The summed E-state index contributed by atoms with van der Waals surface area (Å²) in [5.41, 5.74) is 0.355. The molecule has 1 unspecified atom stereocenters. The zero-order valence-electron chi connectivity index (χ0n) is 10.3. The molecule has 2 heterocycles. The molecule has 1 aromatic heterocycles. The van der Waals surface area contributed by atoms with Gasteiger partial charge in [-0.15, -0.1) is 0 Å². The number of hydrogen-bond donors (Lipinski definition) is 2. The minimum Gasteiger partial charge on any atom is -0.373 e. The van der Waals surface area contributed by atoms with Crippen LogP contribution in [0.3, 0.4) is 0 Å². The number of halogens is 1. The molecule has 19 heavy (non-hydrogen) atoms. The van der Waals surface area contributed by atoms with E-state index in [9.17, 15) is 13.2 Å². The second kappa shape index (κ2) is 5.34. The van der Waals surface area contributed by atoms with Crippen molar-refractivity contribution in [2.24, 2.45) is 0 Å². The number of nitrogens with zero attached hydrogens (tertiary/aromatic N) is 1. The first kappa shape index (κ1) is 14.1. The van der Waals surface area contributed by atoms with Crippen molar-refractivity contribution in [3.63, 3.8) is 0 Å². The Balaban J connectivity index is 2.10. The van der Waals surface area contributed by atoms with Crippen LogP contribution in [0, 0.1) is 0 Å². The molecule has 0 aromatic carbocycles. The van der Waals surface area contributed by atoms with Crippen LogP contribution >= 0.6 is 11.6 Å². The number of hydrogen-bond acceptors (Lipinski definition) is 5. The highest BCUT2D eigenvalue weighted by Gasteiger charge is 2.29. The molecule has 1 atom stereocenters. The third-order valence-electron chi connectivity index (χ3n) is 2.88. The number of anilines is 1. The van der Waals surface area contributed by atoms with Gasteiger partial charge in [0.05, 0.1) is 11.5 Å². The van der Waals surface area contributed by atoms with E-state index in [2.05, 4.69) is 15.6 Å². The smallest absolute Gasteiger partial charge is 0.251 e. The largest absolute Gasteiger partial charge is 0.373 e. The Hall–Kier alpha value is -1.34. The van der Waals surface area contributed by atoms with Crippen LogP contribution in [-0.2, 0) is 9.84 Å². The van der Waals surface area contributed by atoms with E-state index in [4.69, 9.17) is 11.6 Å². The van der Waals surface area contributed by atoms with Crippen molar-refractivity contribution in [3.05, 3.63) is 22.8 Å². The number of pyridine rings is 1. The van der Waals surface area contributed by atoms with Crippen LogP contribution < -0.4 is 10.6 Å². The van der Waals surface area contributed by atoms with Crippen LogP contribution in [0.15, 0.2) is 12.1 Å². The van der Waals surface area contributed by atoms with Crippen molar-refractivity contribution >= 4 is 33.2 Å². The maximum absolute atomic E-state index is 12.0. The third-order valence-corrected chi connectivity index (χ3v) is 4.84. The molecule has 0 bridgehead atoms. The summed E-state index contributed by atoms with van der Waals surface area (Å²) in [7, 11) is -1.34. The van der Waals surface area contributed by atoms with E-state index in [1.165, 1.54) is 6.07 Å². The Labute approximate surface area is 116 Å². The highest BCUT2D eigenvalue weighted by Crippen LogP contribution is 2.16. The van der Waals surface area contributed by atoms with Crippen LogP contribution in [0.1, 0.15) is 16.8 Å². The predicted octanol–water partition coefficient (Wildman–Crippen LogP) is 0.694. The summed E-state index contributed by atoms with van der Waals surface area (Å²) in [5.74, 6) is 0.257. The van der Waals surface area contributed by atoms with Crippen LogP contribution in [0.2, 0.25) is 5.15 Å². The van der Waals surface area contributed by atoms with E-state index in [0.29, 0.717) is 17.8 Å². The van der Waals surface area contributed by atoms with Gasteiger partial charge in [0.15, 0.2) is 9.84 Å². The quantitative estimate of drug-likeness (QED) is 0.802. The highest BCUT2D eigenvalue weighted by atomic mass is 35.5. The number of nitrogens with one attached hydrogen (secondary N) is 2. The molecule has 1 fully saturated rings. The minimum atomic E-state index is -3.01. The first-order valence-electron chi connectivity index (χ1n) is 5.76. The molecule has 6 nitrogen and oxygen atoms in total. The van der Waals surface area contributed by atoms with E-state index in [-0.39, 0.29) is 28.6 Å². The lowest BCUT2D eigenvalue weighted by Crippen LogP contribution is -2.35. The molecule has 2 N–H and O–H groups in total. The molecular weight excluding hydrogens is 290 g/mol. The Morgan fingerprint density at radius 2 is 2.21 bits per heavy atom. The lowest BCUT2D eigenvalue weighted by molar-refractivity contribution is 0.0941. The maximum atomic E-state index is 12.0. The highest BCUT2D eigenvalue weighted by molar-refractivity contribution is 7.91. The number of amides is 1. The zero-order valence-corrected chi connectivity index (χ0v) is 11.9. The average molecular weight is 304 g/mol.